The lowest BCUT2D eigenvalue weighted by atomic mass is 10.2. The molecular weight excluding hydrogens is 331 g/mol. The predicted octanol–water partition coefficient (Wildman–Crippen LogP) is 1.77. The minimum absolute atomic E-state index is 0.0279. The molecule has 1 saturated heterocycles. The molecule has 0 spiro atoms. The molecule has 1 aliphatic rings. The summed E-state index contributed by atoms with van der Waals surface area (Å²) < 4.78 is 0. The molecule has 2 rings (SSSR count). The standard InChI is InChI=1S/C13H16Cl2N4O3/c1-16-12(20)8-17-2-4-18(5-3-17)13-10(14)6-9(19(21)22)7-11(13)15/h6-7H,2-5,8H2,1H3,(H,16,20). The molecule has 1 heterocycles. The Labute approximate surface area is 137 Å². The Kier molecular flexibility index (Phi) is 5.44. The zero-order valence-corrected chi connectivity index (χ0v) is 13.5. The Balaban J connectivity index is 2.08. The van der Waals surface area contributed by atoms with Gasteiger partial charge in [-0.2, -0.15) is 0 Å². The quantitative estimate of drug-likeness (QED) is 0.663. The van der Waals surface area contributed by atoms with Crippen molar-refractivity contribution in [3.63, 3.8) is 0 Å². The van der Waals surface area contributed by atoms with Gasteiger partial charge in [0.2, 0.25) is 5.91 Å². The van der Waals surface area contributed by atoms with Gasteiger partial charge in [0.05, 0.1) is 27.2 Å². The number of anilines is 1. The van der Waals surface area contributed by atoms with E-state index in [4.69, 9.17) is 23.2 Å². The molecular formula is C13H16Cl2N4O3. The molecule has 1 aliphatic heterocycles. The second kappa shape index (κ2) is 7.13. The molecule has 0 saturated carbocycles. The molecule has 0 radical (unpaired) electrons. The summed E-state index contributed by atoms with van der Waals surface area (Å²) in [6.45, 7) is 3.03. The van der Waals surface area contributed by atoms with Crippen molar-refractivity contribution >= 4 is 40.5 Å². The van der Waals surface area contributed by atoms with Crippen molar-refractivity contribution in [2.75, 3.05) is 44.7 Å². The van der Waals surface area contributed by atoms with Crippen LogP contribution < -0.4 is 10.2 Å². The Morgan fingerprint density at radius 1 is 1.27 bits per heavy atom. The summed E-state index contributed by atoms with van der Waals surface area (Å²) in [4.78, 5) is 25.7. The lowest BCUT2D eigenvalue weighted by molar-refractivity contribution is -0.384. The zero-order chi connectivity index (χ0) is 16.3. The molecule has 1 N–H and O–H groups in total. The topological polar surface area (TPSA) is 78.7 Å². The first kappa shape index (κ1) is 16.8. The summed E-state index contributed by atoms with van der Waals surface area (Å²) in [6, 6.07) is 2.61. The molecule has 1 aromatic rings. The van der Waals surface area contributed by atoms with Gasteiger partial charge in [0, 0.05) is 45.4 Å². The average molecular weight is 347 g/mol. The van der Waals surface area contributed by atoms with E-state index in [0.717, 1.165) is 0 Å². The highest BCUT2D eigenvalue weighted by atomic mass is 35.5. The number of nitrogens with one attached hydrogen (secondary N) is 1. The number of amides is 1. The van der Waals surface area contributed by atoms with E-state index in [2.05, 4.69) is 5.32 Å². The van der Waals surface area contributed by atoms with Crippen LogP contribution in [0.2, 0.25) is 10.0 Å². The molecule has 0 unspecified atom stereocenters. The van der Waals surface area contributed by atoms with Crippen molar-refractivity contribution in [1.82, 2.24) is 10.2 Å². The van der Waals surface area contributed by atoms with E-state index in [0.29, 0.717) is 38.4 Å². The number of halogens is 2. The Hall–Kier alpha value is -1.57. The van der Waals surface area contributed by atoms with E-state index in [9.17, 15) is 14.9 Å². The number of carbonyl (C=O) groups excluding carboxylic acids is 1. The van der Waals surface area contributed by atoms with Gasteiger partial charge in [-0.3, -0.25) is 19.8 Å². The first-order chi connectivity index (χ1) is 10.4. The fourth-order valence-electron chi connectivity index (χ4n) is 2.37. The zero-order valence-electron chi connectivity index (χ0n) is 12.0. The monoisotopic (exact) mass is 346 g/mol. The summed E-state index contributed by atoms with van der Waals surface area (Å²) in [6.07, 6.45) is 0. The Bertz CT molecular complexity index is 566. The van der Waals surface area contributed by atoms with Crippen LogP contribution in [0.4, 0.5) is 11.4 Å². The first-order valence-electron chi connectivity index (χ1n) is 6.73. The molecule has 0 bridgehead atoms. The van der Waals surface area contributed by atoms with E-state index in [1.165, 1.54) is 12.1 Å². The molecule has 9 heteroatoms. The summed E-state index contributed by atoms with van der Waals surface area (Å²) in [5.74, 6) is -0.0279. The van der Waals surface area contributed by atoms with Gasteiger partial charge in [-0.25, -0.2) is 0 Å². The third-order valence-corrected chi connectivity index (χ3v) is 4.12. The number of benzene rings is 1. The summed E-state index contributed by atoms with van der Waals surface area (Å²) >= 11 is 12.3. The molecule has 120 valence electrons. The first-order valence-corrected chi connectivity index (χ1v) is 7.49. The molecule has 7 nitrogen and oxygen atoms in total. The molecule has 1 fully saturated rings. The van der Waals surface area contributed by atoms with Crippen LogP contribution >= 0.6 is 23.2 Å². The predicted molar refractivity (Wildman–Crippen MR) is 85.8 cm³/mol. The number of hydrogen-bond acceptors (Lipinski definition) is 5. The van der Waals surface area contributed by atoms with Crippen LogP contribution in [0, 0.1) is 10.1 Å². The number of nitrogens with zero attached hydrogens (tertiary/aromatic N) is 3. The Morgan fingerprint density at radius 3 is 2.27 bits per heavy atom. The lowest BCUT2D eigenvalue weighted by Crippen LogP contribution is -2.49. The third-order valence-electron chi connectivity index (χ3n) is 3.55. The maximum absolute atomic E-state index is 11.4. The molecule has 1 aromatic carbocycles. The third kappa shape index (κ3) is 3.79. The van der Waals surface area contributed by atoms with Crippen molar-refractivity contribution < 1.29 is 9.72 Å². The smallest absolute Gasteiger partial charge is 0.272 e. The summed E-state index contributed by atoms with van der Waals surface area (Å²) in [5.41, 5.74) is 0.477. The van der Waals surface area contributed by atoms with Crippen molar-refractivity contribution in [2.24, 2.45) is 0 Å². The average Bonchev–Trinajstić information content (AvgIpc) is 2.48. The summed E-state index contributed by atoms with van der Waals surface area (Å²) in [5, 5.41) is 13.9. The van der Waals surface area contributed by atoms with Crippen LogP contribution in [0.1, 0.15) is 0 Å². The minimum Gasteiger partial charge on any atom is -0.367 e. The molecule has 0 aliphatic carbocycles. The fraction of sp³-hybridized carbons (Fsp3) is 0.462. The minimum atomic E-state index is -0.525. The SMILES string of the molecule is CNC(=O)CN1CCN(c2c(Cl)cc([N+](=O)[O-])cc2Cl)CC1. The van der Waals surface area contributed by atoms with Gasteiger partial charge in [0.1, 0.15) is 0 Å². The van der Waals surface area contributed by atoms with E-state index in [1.807, 2.05) is 9.80 Å². The highest BCUT2D eigenvalue weighted by molar-refractivity contribution is 6.39. The molecule has 0 aromatic heterocycles. The lowest BCUT2D eigenvalue weighted by Gasteiger charge is -2.36. The van der Waals surface area contributed by atoms with Gasteiger partial charge in [-0.05, 0) is 0 Å². The molecule has 0 atom stereocenters. The van der Waals surface area contributed by atoms with Gasteiger partial charge in [0.15, 0.2) is 0 Å². The largest absolute Gasteiger partial charge is 0.367 e. The van der Waals surface area contributed by atoms with Crippen LogP contribution in [-0.2, 0) is 4.79 Å². The van der Waals surface area contributed by atoms with Gasteiger partial charge >= 0.3 is 0 Å². The number of nitro groups is 1. The summed E-state index contributed by atoms with van der Waals surface area (Å²) in [7, 11) is 1.61. The number of nitro benzene ring substituents is 1. The number of carbonyl (C=O) groups is 1. The van der Waals surface area contributed by atoms with E-state index < -0.39 is 4.92 Å². The normalized spacial score (nSPS) is 15.7. The van der Waals surface area contributed by atoms with Crippen molar-refractivity contribution in [2.45, 2.75) is 0 Å². The number of likely N-dealkylation sites (N-methyl/N-ethyl adjacent to an activating group) is 1. The molecule has 1 amide bonds. The maximum Gasteiger partial charge on any atom is 0.272 e. The number of rotatable bonds is 4. The van der Waals surface area contributed by atoms with Crippen molar-refractivity contribution in [1.29, 1.82) is 0 Å². The van der Waals surface area contributed by atoms with Gasteiger partial charge in [-0.15, -0.1) is 0 Å². The van der Waals surface area contributed by atoms with Crippen LogP contribution in [-0.4, -0.2) is 55.5 Å². The van der Waals surface area contributed by atoms with Crippen molar-refractivity contribution in [3.8, 4) is 0 Å². The second-order valence-corrected chi connectivity index (χ2v) is 5.77. The number of non-ortho nitro benzene ring substituents is 1. The highest BCUT2D eigenvalue weighted by Crippen LogP contribution is 2.37. The van der Waals surface area contributed by atoms with E-state index in [-0.39, 0.29) is 21.6 Å². The fourth-order valence-corrected chi connectivity index (χ4v) is 3.09. The highest BCUT2D eigenvalue weighted by Gasteiger charge is 2.24. The number of hydrogen-bond donors (Lipinski definition) is 1. The van der Waals surface area contributed by atoms with Crippen molar-refractivity contribution in [3.05, 3.63) is 32.3 Å². The Morgan fingerprint density at radius 2 is 1.82 bits per heavy atom. The van der Waals surface area contributed by atoms with E-state index in [1.54, 1.807) is 7.05 Å². The van der Waals surface area contributed by atoms with Crippen LogP contribution in [0.15, 0.2) is 12.1 Å². The molecule has 22 heavy (non-hydrogen) atoms. The van der Waals surface area contributed by atoms with Gasteiger partial charge in [-0.1, -0.05) is 23.2 Å². The van der Waals surface area contributed by atoms with E-state index >= 15 is 0 Å². The van der Waals surface area contributed by atoms with Gasteiger partial charge in [0.25, 0.3) is 5.69 Å². The second-order valence-electron chi connectivity index (χ2n) is 4.95. The van der Waals surface area contributed by atoms with Crippen LogP contribution in [0.3, 0.4) is 0 Å². The maximum atomic E-state index is 11.4. The number of piperazine rings is 1. The van der Waals surface area contributed by atoms with Crippen LogP contribution in [0.25, 0.3) is 0 Å². The van der Waals surface area contributed by atoms with Gasteiger partial charge < -0.3 is 10.2 Å². The van der Waals surface area contributed by atoms with Crippen LogP contribution in [0.5, 0.6) is 0 Å².